The Morgan fingerprint density at radius 3 is 1.68 bits per heavy atom. The molecular weight excluding hydrogens is 420 g/mol. The Balaban J connectivity index is 1.51. The van der Waals surface area contributed by atoms with Gasteiger partial charge in [0.2, 0.25) is 5.78 Å². The van der Waals surface area contributed by atoms with Crippen molar-refractivity contribution >= 4 is 11.8 Å². The summed E-state index contributed by atoms with van der Waals surface area (Å²) < 4.78 is 5.42. The standard InChI is InChI=1S/C31H26O3/c32-29(30(33)34-22-23-13-5-1-6-14-23)27-21-31(25-17-9-3-10-18-25,26-19-11-4-12-20-26)28(27)24-15-7-2-8-16-24/h1-20,27-28H,21-22H2/t27-,28+/m1/s1. The lowest BCUT2D eigenvalue weighted by atomic mass is 9.46. The molecule has 0 spiro atoms. The van der Waals surface area contributed by atoms with Gasteiger partial charge in [-0.25, -0.2) is 4.79 Å². The fraction of sp³-hybridized carbons (Fsp3) is 0.161. The minimum atomic E-state index is -0.760. The predicted molar refractivity (Wildman–Crippen MR) is 132 cm³/mol. The highest BCUT2D eigenvalue weighted by Gasteiger charge is 2.59. The van der Waals surface area contributed by atoms with E-state index >= 15 is 0 Å². The van der Waals surface area contributed by atoms with E-state index in [1.165, 1.54) is 0 Å². The summed E-state index contributed by atoms with van der Waals surface area (Å²) in [6, 6.07) is 40.1. The van der Waals surface area contributed by atoms with Crippen molar-refractivity contribution in [3.05, 3.63) is 144 Å². The Bertz CT molecular complexity index is 1210. The molecule has 0 bridgehead atoms. The maximum absolute atomic E-state index is 13.4. The van der Waals surface area contributed by atoms with E-state index in [9.17, 15) is 9.59 Å². The van der Waals surface area contributed by atoms with Crippen LogP contribution in [0.25, 0.3) is 0 Å². The second-order valence-electron chi connectivity index (χ2n) is 8.83. The third-order valence-corrected chi connectivity index (χ3v) is 6.96. The van der Waals surface area contributed by atoms with Gasteiger partial charge < -0.3 is 4.74 Å². The molecule has 0 amide bonds. The second kappa shape index (κ2) is 9.48. The molecule has 0 heterocycles. The molecule has 0 aromatic heterocycles. The highest BCUT2D eigenvalue weighted by Crippen LogP contribution is 2.61. The first kappa shape index (κ1) is 21.8. The Hall–Kier alpha value is -3.98. The average Bonchev–Trinajstić information content (AvgIpc) is 2.89. The molecule has 0 aliphatic heterocycles. The van der Waals surface area contributed by atoms with Gasteiger partial charge in [0.15, 0.2) is 0 Å². The second-order valence-corrected chi connectivity index (χ2v) is 8.83. The molecule has 3 nitrogen and oxygen atoms in total. The molecule has 5 rings (SSSR count). The number of benzene rings is 4. The summed E-state index contributed by atoms with van der Waals surface area (Å²) in [5, 5.41) is 0. The Morgan fingerprint density at radius 2 is 1.15 bits per heavy atom. The number of Topliss-reactive ketones (excluding diaryl/α,β-unsaturated/α-hetero) is 1. The molecule has 0 N–H and O–H groups in total. The largest absolute Gasteiger partial charge is 0.455 e. The number of carbonyl (C=O) groups excluding carboxylic acids is 2. The van der Waals surface area contributed by atoms with Crippen molar-refractivity contribution in [3.63, 3.8) is 0 Å². The van der Waals surface area contributed by atoms with Crippen LogP contribution in [0.4, 0.5) is 0 Å². The van der Waals surface area contributed by atoms with E-state index in [-0.39, 0.29) is 12.5 Å². The lowest BCUT2D eigenvalue weighted by Gasteiger charge is -2.55. The maximum atomic E-state index is 13.4. The normalized spacial score (nSPS) is 18.5. The first-order valence-corrected chi connectivity index (χ1v) is 11.6. The SMILES string of the molecule is O=C(OCc1ccccc1)C(=O)[C@@H]1CC(c2ccccc2)(c2ccccc2)[C@H]1c1ccccc1. The van der Waals surface area contributed by atoms with Crippen LogP contribution in [0, 0.1) is 5.92 Å². The summed E-state index contributed by atoms with van der Waals surface area (Å²) in [5.41, 5.74) is 3.81. The molecule has 4 aromatic carbocycles. The molecule has 168 valence electrons. The van der Waals surface area contributed by atoms with Crippen LogP contribution in [0.5, 0.6) is 0 Å². The third kappa shape index (κ3) is 3.94. The van der Waals surface area contributed by atoms with E-state index in [1.807, 2.05) is 84.9 Å². The van der Waals surface area contributed by atoms with E-state index in [4.69, 9.17) is 4.74 Å². The van der Waals surface area contributed by atoms with Gasteiger partial charge in [0.25, 0.3) is 0 Å². The van der Waals surface area contributed by atoms with Gasteiger partial charge in [-0.1, -0.05) is 121 Å². The van der Waals surface area contributed by atoms with Gasteiger partial charge in [0.05, 0.1) is 0 Å². The summed E-state index contributed by atoms with van der Waals surface area (Å²) in [6.07, 6.45) is 0.555. The Morgan fingerprint density at radius 1 is 0.676 bits per heavy atom. The zero-order valence-corrected chi connectivity index (χ0v) is 18.8. The third-order valence-electron chi connectivity index (χ3n) is 6.96. The van der Waals surface area contributed by atoms with Crippen molar-refractivity contribution in [2.75, 3.05) is 0 Å². The molecule has 0 radical (unpaired) electrons. The highest BCUT2D eigenvalue weighted by atomic mass is 16.5. The highest BCUT2D eigenvalue weighted by molar-refractivity contribution is 6.35. The Kier molecular flexibility index (Phi) is 6.09. The Labute approximate surface area is 200 Å². The lowest BCUT2D eigenvalue weighted by Crippen LogP contribution is -2.54. The fourth-order valence-corrected chi connectivity index (χ4v) is 5.37. The molecule has 1 aliphatic carbocycles. The molecule has 0 saturated heterocycles. The summed E-state index contributed by atoms with van der Waals surface area (Å²) >= 11 is 0. The van der Waals surface area contributed by atoms with Gasteiger partial charge in [-0.15, -0.1) is 0 Å². The molecule has 3 heteroatoms. The van der Waals surface area contributed by atoms with Gasteiger partial charge in [-0.3, -0.25) is 4.79 Å². The van der Waals surface area contributed by atoms with Crippen molar-refractivity contribution in [1.29, 1.82) is 0 Å². The van der Waals surface area contributed by atoms with Gasteiger partial charge in [-0.05, 0) is 28.7 Å². The predicted octanol–water partition coefficient (Wildman–Crippen LogP) is 6.09. The summed E-state index contributed by atoms with van der Waals surface area (Å²) in [7, 11) is 0. The van der Waals surface area contributed by atoms with Gasteiger partial charge in [0, 0.05) is 17.3 Å². The number of hydrogen-bond donors (Lipinski definition) is 0. The van der Waals surface area contributed by atoms with Crippen LogP contribution in [0.2, 0.25) is 0 Å². The van der Waals surface area contributed by atoms with Crippen molar-refractivity contribution in [2.45, 2.75) is 24.4 Å². The van der Waals surface area contributed by atoms with Crippen molar-refractivity contribution in [1.82, 2.24) is 0 Å². The minimum Gasteiger partial charge on any atom is -0.455 e. The number of rotatable bonds is 7. The van der Waals surface area contributed by atoms with Crippen LogP contribution < -0.4 is 0 Å². The van der Waals surface area contributed by atoms with Crippen LogP contribution >= 0.6 is 0 Å². The summed E-state index contributed by atoms with van der Waals surface area (Å²) in [4.78, 5) is 26.2. The first-order valence-electron chi connectivity index (χ1n) is 11.6. The van der Waals surface area contributed by atoms with Gasteiger partial charge >= 0.3 is 5.97 Å². The number of ether oxygens (including phenoxy) is 1. The number of ketones is 1. The topological polar surface area (TPSA) is 43.4 Å². The lowest BCUT2D eigenvalue weighted by molar-refractivity contribution is -0.159. The van der Waals surface area contributed by atoms with Crippen LogP contribution in [0.3, 0.4) is 0 Å². The molecule has 1 fully saturated rings. The van der Waals surface area contributed by atoms with E-state index in [0.29, 0.717) is 6.42 Å². The molecule has 4 aromatic rings. The molecule has 2 atom stereocenters. The fourth-order valence-electron chi connectivity index (χ4n) is 5.37. The zero-order chi connectivity index (χ0) is 23.4. The molecule has 1 aliphatic rings. The van der Waals surface area contributed by atoms with Crippen molar-refractivity contribution in [3.8, 4) is 0 Å². The van der Waals surface area contributed by atoms with Gasteiger partial charge in [-0.2, -0.15) is 0 Å². The number of esters is 1. The van der Waals surface area contributed by atoms with Crippen LogP contribution in [0.15, 0.2) is 121 Å². The van der Waals surface area contributed by atoms with E-state index in [0.717, 1.165) is 22.3 Å². The van der Waals surface area contributed by atoms with Crippen molar-refractivity contribution in [2.24, 2.45) is 5.92 Å². The zero-order valence-electron chi connectivity index (χ0n) is 18.8. The average molecular weight is 447 g/mol. The smallest absolute Gasteiger partial charge is 0.375 e. The van der Waals surface area contributed by atoms with Crippen LogP contribution in [-0.2, 0) is 26.3 Å². The first-order chi connectivity index (χ1) is 16.7. The quantitative estimate of drug-likeness (QED) is 0.255. The molecule has 34 heavy (non-hydrogen) atoms. The molecule has 1 saturated carbocycles. The number of hydrogen-bond acceptors (Lipinski definition) is 3. The van der Waals surface area contributed by atoms with Gasteiger partial charge in [0.1, 0.15) is 6.61 Å². The minimum absolute atomic E-state index is 0.0939. The van der Waals surface area contributed by atoms with Crippen LogP contribution in [-0.4, -0.2) is 11.8 Å². The monoisotopic (exact) mass is 446 g/mol. The summed E-state index contributed by atoms with van der Waals surface area (Å²) in [6.45, 7) is 0.0939. The molecular formula is C31H26O3. The van der Waals surface area contributed by atoms with Crippen LogP contribution in [0.1, 0.15) is 34.6 Å². The van der Waals surface area contributed by atoms with E-state index in [2.05, 4.69) is 36.4 Å². The van der Waals surface area contributed by atoms with E-state index < -0.39 is 23.1 Å². The van der Waals surface area contributed by atoms with E-state index in [1.54, 1.807) is 0 Å². The molecule has 0 unspecified atom stereocenters. The number of carbonyl (C=O) groups is 2. The van der Waals surface area contributed by atoms with Crippen molar-refractivity contribution < 1.29 is 14.3 Å². The maximum Gasteiger partial charge on any atom is 0.375 e. The summed E-state index contributed by atoms with van der Waals surface area (Å²) in [5.74, 6) is -1.84.